The van der Waals surface area contributed by atoms with E-state index in [2.05, 4.69) is 0 Å². The smallest absolute Gasteiger partial charge is 0.429 e. The molecule has 5 heteroatoms. The molecule has 1 unspecified atom stereocenters. The van der Waals surface area contributed by atoms with Crippen LogP contribution in [0.4, 0.5) is 13.2 Å². The Kier molecular flexibility index (Phi) is 3.94. The number of para-hydroxylation sites is 1. The quantitative estimate of drug-likeness (QED) is 0.840. The molecule has 0 spiro atoms. The number of hydrogen-bond acceptors (Lipinski definition) is 2. The number of hydrogen-bond donors (Lipinski definition) is 0. The van der Waals surface area contributed by atoms with E-state index in [0.29, 0.717) is 0 Å². The minimum atomic E-state index is -4.57. The second kappa shape index (κ2) is 5.66. The summed E-state index contributed by atoms with van der Waals surface area (Å²) in [5, 5.41) is 8.89. The van der Waals surface area contributed by atoms with Crippen LogP contribution in [0.25, 0.3) is 0 Å². The van der Waals surface area contributed by atoms with Crippen LogP contribution in [0.2, 0.25) is 0 Å². The normalized spacial score (nSPS) is 12.5. The maximum Gasteiger partial charge on any atom is 0.429 e. The molecule has 2 rings (SSSR count). The zero-order chi connectivity index (χ0) is 14.6. The molecule has 2 aromatic carbocycles. The molecule has 0 saturated heterocycles. The lowest BCUT2D eigenvalue weighted by Crippen LogP contribution is -2.26. The van der Waals surface area contributed by atoms with Gasteiger partial charge in [0.15, 0.2) is 0 Å². The summed E-state index contributed by atoms with van der Waals surface area (Å²) in [5.41, 5.74) is 0.0606. The van der Waals surface area contributed by atoms with Crippen molar-refractivity contribution in [3.8, 4) is 11.8 Å². The minimum absolute atomic E-state index is 0.00672. The Bertz CT molecular complexity index is 617. The summed E-state index contributed by atoms with van der Waals surface area (Å²) in [7, 11) is 0. The lowest BCUT2D eigenvalue weighted by molar-refractivity contribution is -0.198. The Morgan fingerprint density at radius 3 is 2.15 bits per heavy atom. The van der Waals surface area contributed by atoms with Gasteiger partial charge in [-0.15, -0.1) is 0 Å². The molecular weight excluding hydrogens is 267 g/mol. The summed E-state index contributed by atoms with van der Waals surface area (Å²) in [6.07, 6.45) is -6.66. The highest BCUT2D eigenvalue weighted by Crippen LogP contribution is 2.37. The van der Waals surface area contributed by atoms with Gasteiger partial charge in [-0.1, -0.05) is 42.5 Å². The van der Waals surface area contributed by atoms with Gasteiger partial charge in [-0.25, -0.2) is 0 Å². The number of rotatable bonds is 3. The number of alkyl halides is 3. The monoisotopic (exact) mass is 277 g/mol. The van der Waals surface area contributed by atoms with Gasteiger partial charge in [0.2, 0.25) is 6.10 Å². The lowest BCUT2D eigenvalue weighted by atomic mass is 10.1. The van der Waals surface area contributed by atoms with Crippen LogP contribution in [0.1, 0.15) is 17.2 Å². The first-order chi connectivity index (χ1) is 9.52. The third kappa shape index (κ3) is 3.09. The zero-order valence-corrected chi connectivity index (χ0v) is 10.3. The highest BCUT2D eigenvalue weighted by molar-refractivity contribution is 5.43. The van der Waals surface area contributed by atoms with Gasteiger partial charge < -0.3 is 4.74 Å². The van der Waals surface area contributed by atoms with E-state index < -0.39 is 12.3 Å². The molecule has 0 aliphatic heterocycles. The molecule has 1 atom stereocenters. The Balaban J connectivity index is 2.38. The number of halogens is 3. The maximum absolute atomic E-state index is 13.1. The largest absolute Gasteiger partial charge is 0.475 e. The Morgan fingerprint density at radius 1 is 0.950 bits per heavy atom. The fraction of sp³-hybridized carbons (Fsp3) is 0.133. The van der Waals surface area contributed by atoms with Crippen molar-refractivity contribution >= 4 is 0 Å². The first kappa shape index (κ1) is 13.9. The fourth-order valence-corrected chi connectivity index (χ4v) is 1.74. The van der Waals surface area contributed by atoms with Crippen LogP contribution < -0.4 is 4.74 Å². The average Bonchev–Trinajstić information content (AvgIpc) is 2.45. The molecule has 0 radical (unpaired) electrons. The Morgan fingerprint density at radius 2 is 1.55 bits per heavy atom. The minimum Gasteiger partial charge on any atom is -0.475 e. The van der Waals surface area contributed by atoms with Crippen LogP contribution in [0.5, 0.6) is 5.75 Å². The van der Waals surface area contributed by atoms with Crippen LogP contribution >= 0.6 is 0 Å². The Hall–Kier alpha value is -2.48. The van der Waals surface area contributed by atoms with E-state index in [4.69, 9.17) is 10.00 Å². The summed E-state index contributed by atoms with van der Waals surface area (Å²) in [6.45, 7) is 0. The third-order valence-corrected chi connectivity index (χ3v) is 2.65. The number of ether oxygens (including phenoxy) is 1. The fourth-order valence-electron chi connectivity index (χ4n) is 1.74. The van der Waals surface area contributed by atoms with Crippen LogP contribution in [-0.2, 0) is 0 Å². The number of benzene rings is 2. The molecule has 2 aromatic rings. The van der Waals surface area contributed by atoms with Crippen LogP contribution in [0.15, 0.2) is 54.6 Å². The molecule has 0 aliphatic rings. The van der Waals surface area contributed by atoms with Gasteiger partial charge in [0, 0.05) is 5.56 Å². The van der Waals surface area contributed by atoms with E-state index in [0.717, 1.165) is 0 Å². The van der Waals surface area contributed by atoms with Crippen molar-refractivity contribution < 1.29 is 17.9 Å². The molecule has 102 valence electrons. The van der Waals surface area contributed by atoms with Crippen molar-refractivity contribution in [2.75, 3.05) is 0 Å². The summed E-state index contributed by atoms with van der Waals surface area (Å²) in [5.74, 6) is -0.0822. The van der Waals surface area contributed by atoms with Crippen LogP contribution in [0.3, 0.4) is 0 Å². The first-order valence-corrected chi connectivity index (χ1v) is 5.80. The van der Waals surface area contributed by atoms with E-state index in [-0.39, 0.29) is 16.9 Å². The molecule has 0 fully saturated rings. The van der Waals surface area contributed by atoms with E-state index in [9.17, 15) is 13.2 Å². The van der Waals surface area contributed by atoms with E-state index in [1.54, 1.807) is 12.1 Å². The molecule has 0 aromatic heterocycles. The lowest BCUT2D eigenvalue weighted by Gasteiger charge is -2.22. The van der Waals surface area contributed by atoms with Crippen molar-refractivity contribution in [3.63, 3.8) is 0 Å². The van der Waals surface area contributed by atoms with Crippen molar-refractivity contribution in [1.82, 2.24) is 0 Å². The standard InChI is InChI=1S/C15H10F3NO/c16-15(17,18)14(11-6-2-1-3-7-11)20-13-9-5-4-8-12(13)10-19/h1-9,14H. The van der Waals surface area contributed by atoms with Crippen molar-refractivity contribution in [1.29, 1.82) is 5.26 Å². The molecule has 0 heterocycles. The average molecular weight is 277 g/mol. The maximum atomic E-state index is 13.1. The summed E-state index contributed by atoms with van der Waals surface area (Å²) in [6, 6.07) is 15.0. The van der Waals surface area contributed by atoms with E-state index in [1.807, 2.05) is 6.07 Å². The van der Waals surface area contributed by atoms with Crippen LogP contribution in [-0.4, -0.2) is 6.18 Å². The molecule has 0 bridgehead atoms. The number of nitrogens with zero attached hydrogens (tertiary/aromatic N) is 1. The van der Waals surface area contributed by atoms with Gasteiger partial charge in [-0.05, 0) is 12.1 Å². The van der Waals surface area contributed by atoms with Crippen molar-refractivity contribution in [3.05, 3.63) is 65.7 Å². The predicted octanol–water partition coefficient (Wildman–Crippen LogP) is 4.24. The molecule has 0 saturated carbocycles. The molecule has 0 aliphatic carbocycles. The van der Waals surface area contributed by atoms with Gasteiger partial charge >= 0.3 is 6.18 Å². The summed E-state index contributed by atoms with van der Waals surface area (Å²) in [4.78, 5) is 0. The second-order valence-electron chi connectivity index (χ2n) is 4.06. The number of nitriles is 1. The molecule has 20 heavy (non-hydrogen) atoms. The molecule has 2 nitrogen and oxygen atoms in total. The van der Waals surface area contributed by atoms with Crippen LogP contribution in [0, 0.1) is 11.3 Å². The third-order valence-electron chi connectivity index (χ3n) is 2.65. The highest BCUT2D eigenvalue weighted by Gasteiger charge is 2.43. The summed E-state index contributed by atoms with van der Waals surface area (Å²) >= 11 is 0. The van der Waals surface area contributed by atoms with Gasteiger partial charge in [0.05, 0.1) is 5.56 Å². The summed E-state index contributed by atoms with van der Waals surface area (Å²) < 4.78 is 44.4. The Labute approximate surface area is 114 Å². The van der Waals surface area contributed by atoms with Crippen molar-refractivity contribution in [2.24, 2.45) is 0 Å². The topological polar surface area (TPSA) is 33.0 Å². The van der Waals surface area contributed by atoms with Crippen molar-refractivity contribution in [2.45, 2.75) is 12.3 Å². The van der Waals surface area contributed by atoms with E-state index >= 15 is 0 Å². The predicted molar refractivity (Wildman–Crippen MR) is 67.0 cm³/mol. The highest BCUT2D eigenvalue weighted by atomic mass is 19.4. The van der Waals surface area contributed by atoms with Gasteiger partial charge in [-0.2, -0.15) is 18.4 Å². The second-order valence-corrected chi connectivity index (χ2v) is 4.06. The van der Waals surface area contributed by atoms with Gasteiger partial charge in [0.1, 0.15) is 11.8 Å². The molecule has 0 amide bonds. The molecular formula is C15H10F3NO. The van der Waals surface area contributed by atoms with Gasteiger partial charge in [0.25, 0.3) is 0 Å². The zero-order valence-electron chi connectivity index (χ0n) is 10.3. The molecule has 0 N–H and O–H groups in total. The SMILES string of the molecule is N#Cc1ccccc1OC(c1ccccc1)C(F)(F)F. The van der Waals surface area contributed by atoms with E-state index in [1.165, 1.54) is 42.5 Å². The first-order valence-electron chi connectivity index (χ1n) is 5.80. The van der Waals surface area contributed by atoms with Gasteiger partial charge in [-0.3, -0.25) is 0 Å².